The zero-order valence-corrected chi connectivity index (χ0v) is 14.1. The number of aromatic nitrogens is 1. The number of nitrogens with one attached hydrogen (secondary N) is 2. The summed E-state index contributed by atoms with van der Waals surface area (Å²) in [6.07, 6.45) is 3.38. The third-order valence-electron chi connectivity index (χ3n) is 5.08. The first kappa shape index (κ1) is 16.6. The van der Waals surface area contributed by atoms with E-state index in [2.05, 4.69) is 24.1 Å². The molecule has 0 saturated heterocycles. The monoisotopic (exact) mass is 306 g/mol. The van der Waals surface area contributed by atoms with Gasteiger partial charge < -0.3 is 15.0 Å². The summed E-state index contributed by atoms with van der Waals surface area (Å²) in [7, 11) is 1.35. The van der Waals surface area contributed by atoms with Gasteiger partial charge in [-0.3, -0.25) is 4.79 Å². The third-order valence-corrected chi connectivity index (χ3v) is 5.08. The molecule has 122 valence electrons. The van der Waals surface area contributed by atoms with Gasteiger partial charge in [0, 0.05) is 11.7 Å². The minimum Gasteiger partial charge on any atom is -0.465 e. The lowest BCUT2D eigenvalue weighted by molar-refractivity contribution is 0.0599. The highest BCUT2D eigenvalue weighted by Crippen LogP contribution is 2.30. The first-order valence-electron chi connectivity index (χ1n) is 7.95. The van der Waals surface area contributed by atoms with Gasteiger partial charge in [0.05, 0.1) is 12.7 Å². The average molecular weight is 306 g/mol. The van der Waals surface area contributed by atoms with Crippen LogP contribution in [0.1, 0.15) is 65.2 Å². The minimum absolute atomic E-state index is 0.137. The van der Waals surface area contributed by atoms with Crippen LogP contribution < -0.4 is 5.32 Å². The second-order valence-electron chi connectivity index (χ2n) is 6.46. The Hall–Kier alpha value is -1.78. The first-order chi connectivity index (χ1) is 10.4. The number of esters is 1. The highest BCUT2D eigenvalue weighted by Gasteiger charge is 2.30. The van der Waals surface area contributed by atoms with E-state index in [1.807, 2.05) is 0 Å². The van der Waals surface area contributed by atoms with Gasteiger partial charge in [0.15, 0.2) is 0 Å². The number of H-pyrrole nitrogens is 1. The SMILES string of the molecule is COC(=O)c1c(C)[nH]c(C(=O)N[C@@H]2CCC[C@@H](C)[C@@H]2C)c1C. The molecular weight excluding hydrogens is 280 g/mol. The standard InChI is InChI=1S/C17H26N2O3/c1-9-7-6-8-13(10(9)2)19-16(20)15-11(3)14(12(4)18-15)17(21)22-5/h9-10,13,18H,6-8H2,1-5H3,(H,19,20)/t9-,10+,13-/m1/s1. The molecule has 1 aromatic rings. The molecule has 0 aromatic carbocycles. The molecule has 0 unspecified atom stereocenters. The summed E-state index contributed by atoms with van der Waals surface area (Å²) in [6, 6.07) is 0.195. The summed E-state index contributed by atoms with van der Waals surface area (Å²) >= 11 is 0. The Balaban J connectivity index is 2.18. The summed E-state index contributed by atoms with van der Waals surface area (Å²) in [5, 5.41) is 3.13. The molecule has 1 aliphatic carbocycles. The van der Waals surface area contributed by atoms with Gasteiger partial charge in [0.1, 0.15) is 5.69 Å². The van der Waals surface area contributed by atoms with E-state index < -0.39 is 5.97 Å². The van der Waals surface area contributed by atoms with Crippen LogP contribution in [-0.2, 0) is 4.74 Å². The maximum atomic E-state index is 12.6. The molecule has 0 bridgehead atoms. The number of carbonyl (C=O) groups is 2. The zero-order chi connectivity index (χ0) is 16.4. The van der Waals surface area contributed by atoms with E-state index in [-0.39, 0.29) is 11.9 Å². The molecule has 1 amide bonds. The van der Waals surface area contributed by atoms with Crippen molar-refractivity contribution in [3.8, 4) is 0 Å². The summed E-state index contributed by atoms with van der Waals surface area (Å²) in [5.74, 6) is 0.539. The Morgan fingerprint density at radius 1 is 1.23 bits per heavy atom. The van der Waals surface area contributed by atoms with Crippen LogP contribution in [0.4, 0.5) is 0 Å². The van der Waals surface area contributed by atoms with E-state index in [9.17, 15) is 9.59 Å². The topological polar surface area (TPSA) is 71.2 Å². The molecule has 5 nitrogen and oxygen atoms in total. The number of hydrogen-bond acceptors (Lipinski definition) is 3. The maximum Gasteiger partial charge on any atom is 0.339 e. The lowest BCUT2D eigenvalue weighted by Crippen LogP contribution is -2.44. The van der Waals surface area contributed by atoms with Crippen LogP contribution in [0, 0.1) is 25.7 Å². The molecule has 3 atom stereocenters. The van der Waals surface area contributed by atoms with Crippen LogP contribution in [0.2, 0.25) is 0 Å². The largest absolute Gasteiger partial charge is 0.465 e. The number of hydrogen-bond donors (Lipinski definition) is 2. The Labute approximate surface area is 131 Å². The van der Waals surface area contributed by atoms with Crippen molar-refractivity contribution in [2.45, 2.75) is 53.0 Å². The normalized spacial score (nSPS) is 24.9. The van der Waals surface area contributed by atoms with Crippen molar-refractivity contribution in [1.29, 1.82) is 0 Å². The lowest BCUT2D eigenvalue weighted by atomic mass is 9.78. The van der Waals surface area contributed by atoms with Crippen molar-refractivity contribution in [2.24, 2.45) is 11.8 Å². The molecule has 0 radical (unpaired) electrons. The van der Waals surface area contributed by atoms with Gasteiger partial charge in [-0.25, -0.2) is 4.79 Å². The Kier molecular flexibility index (Phi) is 4.94. The molecule has 1 heterocycles. The van der Waals surface area contributed by atoms with Gasteiger partial charge in [-0.1, -0.05) is 26.7 Å². The van der Waals surface area contributed by atoms with E-state index in [1.165, 1.54) is 13.5 Å². The molecule has 2 N–H and O–H groups in total. The molecule has 1 aromatic heterocycles. The predicted octanol–water partition coefficient (Wildman–Crippen LogP) is 2.97. The van der Waals surface area contributed by atoms with Crippen LogP contribution in [0.15, 0.2) is 0 Å². The zero-order valence-electron chi connectivity index (χ0n) is 14.1. The molecular formula is C17H26N2O3. The van der Waals surface area contributed by atoms with Crippen LogP contribution in [-0.4, -0.2) is 30.0 Å². The fourth-order valence-electron chi connectivity index (χ4n) is 3.41. The Bertz CT molecular complexity index is 577. The number of rotatable bonds is 3. The number of ether oxygens (including phenoxy) is 1. The fourth-order valence-corrected chi connectivity index (χ4v) is 3.41. The van der Waals surface area contributed by atoms with Crippen molar-refractivity contribution in [2.75, 3.05) is 7.11 Å². The average Bonchev–Trinajstić information content (AvgIpc) is 2.78. The van der Waals surface area contributed by atoms with E-state index >= 15 is 0 Å². The Morgan fingerprint density at radius 3 is 2.55 bits per heavy atom. The number of amides is 1. The molecule has 5 heteroatoms. The van der Waals surface area contributed by atoms with Gasteiger partial charge in [0.2, 0.25) is 0 Å². The molecule has 1 saturated carbocycles. The minimum atomic E-state index is -0.412. The van der Waals surface area contributed by atoms with Crippen molar-refractivity contribution in [3.05, 3.63) is 22.5 Å². The second-order valence-corrected chi connectivity index (χ2v) is 6.46. The number of carbonyl (C=O) groups excluding carboxylic acids is 2. The highest BCUT2D eigenvalue weighted by molar-refractivity contribution is 6.00. The summed E-state index contributed by atoms with van der Waals surface area (Å²) in [6.45, 7) is 7.99. The second kappa shape index (κ2) is 6.55. The van der Waals surface area contributed by atoms with Crippen molar-refractivity contribution in [3.63, 3.8) is 0 Å². The van der Waals surface area contributed by atoms with Crippen molar-refractivity contribution >= 4 is 11.9 Å². The predicted molar refractivity (Wildman–Crippen MR) is 85.0 cm³/mol. The quantitative estimate of drug-likeness (QED) is 0.843. The lowest BCUT2D eigenvalue weighted by Gasteiger charge is -2.34. The smallest absolute Gasteiger partial charge is 0.339 e. The maximum absolute atomic E-state index is 12.6. The van der Waals surface area contributed by atoms with E-state index in [4.69, 9.17) is 4.74 Å². The summed E-state index contributed by atoms with van der Waals surface area (Å²) < 4.78 is 4.78. The van der Waals surface area contributed by atoms with Crippen LogP contribution in [0.25, 0.3) is 0 Å². The molecule has 1 aliphatic rings. The van der Waals surface area contributed by atoms with Gasteiger partial charge in [-0.2, -0.15) is 0 Å². The fraction of sp³-hybridized carbons (Fsp3) is 0.647. The molecule has 2 rings (SSSR count). The van der Waals surface area contributed by atoms with Crippen molar-refractivity contribution < 1.29 is 14.3 Å². The van der Waals surface area contributed by atoms with E-state index in [0.717, 1.165) is 12.8 Å². The molecule has 1 fully saturated rings. The van der Waals surface area contributed by atoms with Gasteiger partial charge in [-0.05, 0) is 37.7 Å². The van der Waals surface area contributed by atoms with Crippen LogP contribution in [0.3, 0.4) is 0 Å². The number of aromatic amines is 1. The molecule has 22 heavy (non-hydrogen) atoms. The summed E-state index contributed by atoms with van der Waals surface area (Å²) in [4.78, 5) is 27.4. The van der Waals surface area contributed by atoms with Crippen LogP contribution in [0.5, 0.6) is 0 Å². The molecule has 0 spiro atoms. The van der Waals surface area contributed by atoms with E-state index in [1.54, 1.807) is 13.8 Å². The number of methoxy groups -OCH3 is 1. The Morgan fingerprint density at radius 2 is 1.91 bits per heavy atom. The van der Waals surface area contributed by atoms with Gasteiger partial charge in [-0.15, -0.1) is 0 Å². The highest BCUT2D eigenvalue weighted by atomic mass is 16.5. The summed E-state index contributed by atoms with van der Waals surface area (Å²) in [5.41, 5.74) is 2.24. The third kappa shape index (κ3) is 3.03. The first-order valence-corrected chi connectivity index (χ1v) is 7.95. The van der Waals surface area contributed by atoms with E-state index in [0.29, 0.717) is 34.4 Å². The van der Waals surface area contributed by atoms with Gasteiger partial charge >= 0.3 is 5.97 Å². The number of aryl methyl sites for hydroxylation is 1. The van der Waals surface area contributed by atoms with Crippen LogP contribution >= 0.6 is 0 Å². The van der Waals surface area contributed by atoms with Gasteiger partial charge in [0.25, 0.3) is 5.91 Å². The molecule has 0 aliphatic heterocycles. The van der Waals surface area contributed by atoms with Crippen molar-refractivity contribution in [1.82, 2.24) is 10.3 Å².